The van der Waals surface area contributed by atoms with E-state index in [-0.39, 0.29) is 16.5 Å². The van der Waals surface area contributed by atoms with E-state index < -0.39 is 42.7 Å². The minimum Gasteiger partial charge on any atom is -0.497 e. The normalized spacial score (nSPS) is 12.6. The maximum atomic E-state index is 13.5. The predicted molar refractivity (Wildman–Crippen MR) is 99.3 cm³/mol. The van der Waals surface area contributed by atoms with Crippen LogP contribution < -0.4 is 10.3 Å². The van der Waals surface area contributed by atoms with Crippen LogP contribution in [-0.2, 0) is 16.0 Å². The molecule has 12 heteroatoms. The highest BCUT2D eigenvalue weighted by Crippen LogP contribution is 2.37. The number of ether oxygens (including phenoxy) is 1. The Morgan fingerprint density at radius 2 is 1.87 bits per heavy atom. The lowest BCUT2D eigenvalue weighted by Gasteiger charge is -2.13. The summed E-state index contributed by atoms with van der Waals surface area (Å²) in [6, 6.07) is 7.26. The lowest BCUT2D eigenvalue weighted by Crippen LogP contribution is -2.16. The number of H-pyrrole nitrogens is 1. The van der Waals surface area contributed by atoms with Crippen LogP contribution in [0, 0.1) is 6.92 Å². The number of sulfone groups is 1. The molecule has 2 aromatic heterocycles. The van der Waals surface area contributed by atoms with Crippen molar-refractivity contribution in [3.05, 3.63) is 57.9 Å². The highest BCUT2D eigenvalue weighted by Gasteiger charge is 2.39. The molecular weight excluding hydrogens is 425 g/mol. The molecule has 4 rings (SSSR count). The Morgan fingerprint density at radius 3 is 2.53 bits per heavy atom. The quantitative estimate of drug-likeness (QED) is 0.527. The smallest absolute Gasteiger partial charge is 0.417 e. The molecule has 1 N–H and O–H groups in total. The first-order valence-corrected chi connectivity index (χ1v) is 9.90. The third-order valence-electron chi connectivity index (χ3n) is 4.52. The standard InChI is InChI=1S/C18H13F3N4O4S/c1-9-3-6-14(12(7-9)18(19,20)21)30(27,28)17-15-22-16(26)11-5-4-10(29-2)8-13(11)25(15)24-23-17/h3-8,24H,1-2H3. The van der Waals surface area contributed by atoms with Crippen molar-refractivity contribution in [2.75, 3.05) is 7.11 Å². The zero-order chi connectivity index (χ0) is 21.8. The molecule has 0 bridgehead atoms. The fourth-order valence-electron chi connectivity index (χ4n) is 3.10. The predicted octanol–water partition coefficient (Wildman–Crippen LogP) is 2.74. The number of fused-ring (bicyclic) bond motifs is 3. The van der Waals surface area contributed by atoms with Crippen molar-refractivity contribution >= 4 is 26.4 Å². The molecular formula is C18H13F3N4O4S. The number of methoxy groups -OCH3 is 1. The van der Waals surface area contributed by atoms with Gasteiger partial charge in [0.2, 0.25) is 14.9 Å². The molecule has 0 radical (unpaired) electrons. The average Bonchev–Trinajstić information content (AvgIpc) is 3.11. The second-order valence-electron chi connectivity index (χ2n) is 6.48. The third kappa shape index (κ3) is 3.00. The summed E-state index contributed by atoms with van der Waals surface area (Å²) in [4.78, 5) is 15.2. The van der Waals surface area contributed by atoms with Gasteiger partial charge in [-0.25, -0.2) is 18.1 Å². The number of halogens is 3. The summed E-state index contributed by atoms with van der Waals surface area (Å²) in [6.07, 6.45) is -4.91. The lowest BCUT2D eigenvalue weighted by molar-refractivity contribution is -0.139. The molecule has 2 aromatic carbocycles. The molecule has 0 atom stereocenters. The van der Waals surface area contributed by atoms with Gasteiger partial charge in [0.15, 0.2) is 5.65 Å². The van der Waals surface area contributed by atoms with Gasteiger partial charge < -0.3 is 4.74 Å². The van der Waals surface area contributed by atoms with Gasteiger partial charge in [-0.05, 0) is 31.2 Å². The van der Waals surface area contributed by atoms with Crippen molar-refractivity contribution in [1.82, 2.24) is 19.8 Å². The van der Waals surface area contributed by atoms with E-state index in [4.69, 9.17) is 4.74 Å². The molecule has 0 spiro atoms. The van der Waals surface area contributed by atoms with Gasteiger partial charge in [-0.2, -0.15) is 18.2 Å². The SMILES string of the molecule is COc1ccc2c(=O)nc3c(S(=O)(=O)c4ccc(C)cc4C(F)(F)F)n[nH]n3c2c1. The van der Waals surface area contributed by atoms with Crippen molar-refractivity contribution in [3.8, 4) is 5.75 Å². The Labute approximate surface area is 166 Å². The van der Waals surface area contributed by atoms with E-state index >= 15 is 0 Å². The number of hydrogen-bond donors (Lipinski definition) is 1. The van der Waals surface area contributed by atoms with Gasteiger partial charge in [0, 0.05) is 6.07 Å². The highest BCUT2D eigenvalue weighted by molar-refractivity contribution is 7.91. The first-order chi connectivity index (χ1) is 14.0. The van der Waals surface area contributed by atoms with Gasteiger partial charge in [-0.3, -0.25) is 4.79 Å². The zero-order valence-corrected chi connectivity index (χ0v) is 16.3. The molecule has 0 unspecified atom stereocenters. The molecule has 0 aliphatic rings. The molecule has 2 heterocycles. The maximum absolute atomic E-state index is 13.5. The van der Waals surface area contributed by atoms with Crippen LogP contribution in [0.1, 0.15) is 11.1 Å². The van der Waals surface area contributed by atoms with Crippen molar-refractivity contribution in [2.24, 2.45) is 0 Å². The van der Waals surface area contributed by atoms with E-state index in [1.54, 1.807) is 0 Å². The molecule has 156 valence electrons. The van der Waals surface area contributed by atoms with Crippen LogP contribution in [0.15, 0.2) is 51.1 Å². The van der Waals surface area contributed by atoms with E-state index in [1.807, 2.05) is 0 Å². The van der Waals surface area contributed by atoms with Crippen LogP contribution in [-0.4, -0.2) is 35.3 Å². The van der Waals surface area contributed by atoms with E-state index in [0.29, 0.717) is 5.75 Å². The van der Waals surface area contributed by atoms with Crippen LogP contribution in [0.25, 0.3) is 16.6 Å². The van der Waals surface area contributed by atoms with Crippen molar-refractivity contribution in [3.63, 3.8) is 0 Å². The molecule has 0 saturated heterocycles. The minimum atomic E-state index is -4.91. The summed E-state index contributed by atoms with van der Waals surface area (Å²) in [5.74, 6) is 0.374. The third-order valence-corrected chi connectivity index (χ3v) is 6.24. The van der Waals surface area contributed by atoms with Crippen molar-refractivity contribution in [1.29, 1.82) is 0 Å². The largest absolute Gasteiger partial charge is 0.497 e. The van der Waals surface area contributed by atoms with E-state index in [9.17, 15) is 26.4 Å². The van der Waals surface area contributed by atoms with Crippen LogP contribution in [0.3, 0.4) is 0 Å². The Morgan fingerprint density at radius 1 is 1.13 bits per heavy atom. The number of alkyl halides is 3. The first-order valence-electron chi connectivity index (χ1n) is 8.42. The number of aryl methyl sites for hydroxylation is 1. The van der Waals surface area contributed by atoms with Gasteiger partial charge in [0.1, 0.15) is 5.75 Å². The second kappa shape index (κ2) is 6.55. The highest BCUT2D eigenvalue weighted by atomic mass is 32.2. The lowest BCUT2D eigenvalue weighted by atomic mass is 10.1. The number of rotatable bonds is 3. The molecule has 0 fully saturated rings. The van der Waals surface area contributed by atoms with E-state index in [2.05, 4.69) is 15.3 Å². The molecule has 0 amide bonds. The van der Waals surface area contributed by atoms with Crippen LogP contribution in [0.2, 0.25) is 0 Å². The summed E-state index contributed by atoms with van der Waals surface area (Å²) in [7, 11) is -3.37. The molecule has 30 heavy (non-hydrogen) atoms. The van der Waals surface area contributed by atoms with Crippen LogP contribution in [0.4, 0.5) is 13.2 Å². The molecule has 0 aliphatic heterocycles. The fourth-order valence-corrected chi connectivity index (χ4v) is 4.56. The minimum absolute atomic E-state index is 0.146. The Hall–Kier alpha value is -3.41. The van der Waals surface area contributed by atoms with Gasteiger partial charge >= 0.3 is 6.18 Å². The number of aromatic amines is 1. The van der Waals surface area contributed by atoms with E-state index in [1.165, 1.54) is 38.3 Å². The summed E-state index contributed by atoms with van der Waals surface area (Å²) < 4.78 is 72.9. The fraction of sp³-hybridized carbons (Fsp3) is 0.167. The Bertz CT molecular complexity index is 1470. The monoisotopic (exact) mass is 438 g/mol. The van der Waals surface area contributed by atoms with Gasteiger partial charge in [0.05, 0.1) is 28.5 Å². The Kier molecular flexibility index (Phi) is 4.34. The molecule has 8 nitrogen and oxygen atoms in total. The summed E-state index contributed by atoms with van der Waals surface area (Å²) in [5, 5.41) is 5.43. The molecule has 0 saturated carbocycles. The molecule has 4 aromatic rings. The maximum Gasteiger partial charge on any atom is 0.417 e. The topological polar surface area (TPSA) is 106 Å². The van der Waals surface area contributed by atoms with Gasteiger partial charge in [0.25, 0.3) is 5.56 Å². The second-order valence-corrected chi connectivity index (χ2v) is 8.31. The Balaban J connectivity index is 2.04. The molecule has 0 aliphatic carbocycles. The van der Waals surface area contributed by atoms with Gasteiger partial charge in [-0.1, -0.05) is 11.6 Å². The number of hydrogen-bond acceptors (Lipinski definition) is 6. The summed E-state index contributed by atoms with van der Waals surface area (Å²) in [6.45, 7) is 1.41. The van der Waals surface area contributed by atoms with Crippen molar-refractivity contribution in [2.45, 2.75) is 23.0 Å². The summed E-state index contributed by atoms with van der Waals surface area (Å²) in [5.41, 5.74) is -2.06. The van der Waals surface area contributed by atoms with Crippen LogP contribution >= 0.6 is 0 Å². The van der Waals surface area contributed by atoms with E-state index in [0.717, 1.165) is 16.6 Å². The summed E-state index contributed by atoms with van der Waals surface area (Å²) >= 11 is 0. The number of nitrogens with one attached hydrogen (secondary N) is 1. The number of nitrogens with zero attached hydrogens (tertiary/aromatic N) is 3. The number of benzene rings is 2. The average molecular weight is 438 g/mol. The first kappa shape index (κ1) is 19.9. The van der Waals surface area contributed by atoms with Crippen molar-refractivity contribution < 1.29 is 26.3 Å². The zero-order valence-electron chi connectivity index (χ0n) is 15.5. The van der Waals surface area contributed by atoms with Gasteiger partial charge in [-0.15, -0.1) is 5.10 Å². The number of aromatic nitrogens is 4. The van der Waals surface area contributed by atoms with Crippen LogP contribution in [0.5, 0.6) is 5.75 Å².